The summed E-state index contributed by atoms with van der Waals surface area (Å²) in [4.78, 5) is 34.9. The molecule has 1 aromatic rings. The number of imide groups is 2. The summed E-state index contributed by atoms with van der Waals surface area (Å²) >= 11 is 0. The highest BCUT2D eigenvalue weighted by atomic mass is 16.3. The first-order valence-electron chi connectivity index (χ1n) is 5.71. The smallest absolute Gasteiger partial charge is 0.328 e. The van der Waals surface area contributed by atoms with Crippen molar-refractivity contribution in [2.24, 2.45) is 0 Å². The van der Waals surface area contributed by atoms with Crippen molar-refractivity contribution in [3.63, 3.8) is 0 Å². The van der Waals surface area contributed by atoms with Crippen LogP contribution < -0.4 is 10.6 Å². The topological polar surface area (TPSA) is 108 Å². The van der Waals surface area contributed by atoms with E-state index in [9.17, 15) is 14.4 Å². The van der Waals surface area contributed by atoms with Crippen molar-refractivity contribution >= 4 is 17.8 Å². The van der Waals surface area contributed by atoms with Crippen LogP contribution in [0.25, 0.3) is 0 Å². The highest BCUT2D eigenvalue weighted by Crippen LogP contribution is 2.12. The second-order valence-corrected chi connectivity index (χ2v) is 3.86. The summed E-state index contributed by atoms with van der Waals surface area (Å²) in [5.74, 6) is -0.829. The van der Waals surface area contributed by atoms with E-state index < -0.39 is 17.8 Å². The third-order valence-corrected chi connectivity index (χ3v) is 2.30. The summed E-state index contributed by atoms with van der Waals surface area (Å²) in [5, 5.41) is 12.9. The molecule has 0 atom stereocenters. The lowest BCUT2D eigenvalue weighted by molar-refractivity contribution is -0.129. The Morgan fingerprint density at radius 1 is 1.21 bits per heavy atom. The largest absolute Gasteiger partial charge is 0.506 e. The lowest BCUT2D eigenvalue weighted by atomic mass is 10.2. The van der Waals surface area contributed by atoms with Crippen LogP contribution in [0.1, 0.15) is 24.7 Å². The van der Waals surface area contributed by atoms with Crippen molar-refractivity contribution in [1.82, 2.24) is 15.6 Å². The fourth-order valence-electron chi connectivity index (χ4n) is 1.32. The van der Waals surface area contributed by atoms with E-state index in [1.165, 1.54) is 0 Å². The highest BCUT2D eigenvalue weighted by Gasteiger charge is 2.20. The zero-order chi connectivity index (χ0) is 14.4. The van der Waals surface area contributed by atoms with Crippen molar-refractivity contribution in [1.29, 1.82) is 0 Å². The van der Waals surface area contributed by atoms with Crippen molar-refractivity contribution < 1.29 is 19.5 Å². The van der Waals surface area contributed by atoms with Crippen LogP contribution in [0.4, 0.5) is 4.79 Å². The number of urea groups is 1. The minimum Gasteiger partial charge on any atom is -0.506 e. The summed E-state index contributed by atoms with van der Waals surface area (Å²) in [7, 11) is 0. The molecule has 2 heterocycles. The number of aromatic hydroxyl groups is 1. The molecule has 0 saturated carbocycles. The van der Waals surface area contributed by atoms with Gasteiger partial charge in [0, 0.05) is 5.69 Å². The molecule has 3 N–H and O–H groups in total. The minimum atomic E-state index is -0.740. The molecule has 7 nitrogen and oxygen atoms in total. The van der Waals surface area contributed by atoms with E-state index in [1.807, 2.05) is 23.6 Å². The Morgan fingerprint density at radius 3 is 2.21 bits per heavy atom. The van der Waals surface area contributed by atoms with Crippen LogP contribution in [0.3, 0.4) is 0 Å². The lowest BCUT2D eigenvalue weighted by Gasteiger charge is -2.09. The third-order valence-electron chi connectivity index (χ3n) is 2.30. The average Bonchev–Trinajstić information content (AvgIpc) is 2.31. The first-order chi connectivity index (χ1) is 8.92. The number of nitrogens with zero attached hydrogens (tertiary/aromatic N) is 1. The minimum absolute atomic E-state index is 0.258. The molecule has 1 aliphatic heterocycles. The molecular weight excluding hydrogens is 250 g/mol. The zero-order valence-corrected chi connectivity index (χ0v) is 10.7. The molecule has 0 radical (unpaired) electrons. The summed E-state index contributed by atoms with van der Waals surface area (Å²) in [6.07, 6.45) is 0.660. The molecule has 0 spiro atoms. The zero-order valence-electron chi connectivity index (χ0n) is 10.7. The number of hydrogen-bond donors (Lipinski definition) is 3. The predicted octanol–water partition coefficient (Wildman–Crippen LogP) is 0.401. The third kappa shape index (κ3) is 4.74. The summed E-state index contributed by atoms with van der Waals surface area (Å²) in [5.41, 5.74) is 1.73. The standard InChI is InChI=1S/C8H11NO.C4H4N2O3/c1-3-7-4-5-8(10)6(2)9-7;7-2-1-3(8)6-4(9)5-2/h4-5,10H,3H2,1-2H3;1H2,(H2,5,6,7,8,9). The van der Waals surface area contributed by atoms with Gasteiger partial charge in [-0.05, 0) is 25.5 Å². The molecule has 2 rings (SSSR count). The molecule has 0 unspecified atom stereocenters. The highest BCUT2D eigenvalue weighted by molar-refractivity contribution is 6.14. The molecule has 0 bridgehead atoms. The van der Waals surface area contributed by atoms with Gasteiger partial charge in [0.25, 0.3) is 0 Å². The van der Waals surface area contributed by atoms with E-state index in [4.69, 9.17) is 5.11 Å². The molecule has 0 aromatic carbocycles. The quantitative estimate of drug-likeness (QED) is 0.637. The molecule has 19 heavy (non-hydrogen) atoms. The van der Waals surface area contributed by atoms with Gasteiger partial charge in [-0.1, -0.05) is 6.92 Å². The van der Waals surface area contributed by atoms with Crippen molar-refractivity contribution in [3.05, 3.63) is 23.5 Å². The van der Waals surface area contributed by atoms with Gasteiger partial charge >= 0.3 is 6.03 Å². The molecule has 102 valence electrons. The lowest BCUT2D eigenvalue weighted by Crippen LogP contribution is -2.49. The van der Waals surface area contributed by atoms with E-state index in [0.29, 0.717) is 5.69 Å². The summed E-state index contributed by atoms with van der Waals surface area (Å²) < 4.78 is 0. The SMILES string of the molecule is CCc1ccc(O)c(C)n1.O=C1CC(=O)NC(=O)N1. The molecule has 1 fully saturated rings. The van der Waals surface area contributed by atoms with E-state index in [1.54, 1.807) is 13.0 Å². The van der Waals surface area contributed by atoms with Gasteiger partial charge in [-0.2, -0.15) is 0 Å². The van der Waals surface area contributed by atoms with E-state index in [0.717, 1.165) is 12.1 Å². The number of carbonyl (C=O) groups is 3. The number of carbonyl (C=O) groups excluding carboxylic acids is 3. The molecule has 1 saturated heterocycles. The first kappa shape index (κ1) is 14.6. The van der Waals surface area contributed by atoms with Crippen LogP contribution in [-0.2, 0) is 16.0 Å². The maximum atomic E-state index is 10.3. The fraction of sp³-hybridized carbons (Fsp3) is 0.333. The van der Waals surface area contributed by atoms with Crippen LogP contribution in [0.2, 0.25) is 0 Å². The molecule has 7 heteroatoms. The predicted molar refractivity (Wildman–Crippen MR) is 66.3 cm³/mol. The Balaban J connectivity index is 0.000000191. The Labute approximate surface area is 110 Å². The van der Waals surface area contributed by atoms with Crippen molar-refractivity contribution in [2.75, 3.05) is 0 Å². The van der Waals surface area contributed by atoms with E-state index >= 15 is 0 Å². The van der Waals surface area contributed by atoms with Gasteiger partial charge in [-0.15, -0.1) is 0 Å². The van der Waals surface area contributed by atoms with Crippen molar-refractivity contribution in [3.8, 4) is 5.75 Å². The summed E-state index contributed by atoms with van der Waals surface area (Å²) in [6.45, 7) is 3.84. The van der Waals surface area contributed by atoms with Gasteiger partial charge < -0.3 is 5.11 Å². The van der Waals surface area contributed by atoms with Gasteiger partial charge in [0.2, 0.25) is 11.8 Å². The Morgan fingerprint density at radius 2 is 1.79 bits per heavy atom. The average molecular weight is 265 g/mol. The Hall–Kier alpha value is -2.44. The number of aryl methyl sites for hydroxylation is 2. The Bertz CT molecular complexity index is 468. The maximum Gasteiger partial charge on any atom is 0.328 e. The van der Waals surface area contributed by atoms with Gasteiger partial charge in [-0.25, -0.2) is 4.79 Å². The van der Waals surface area contributed by atoms with Crippen molar-refractivity contribution in [2.45, 2.75) is 26.7 Å². The van der Waals surface area contributed by atoms with Gasteiger partial charge in [0.1, 0.15) is 12.2 Å². The van der Waals surface area contributed by atoms with E-state index in [-0.39, 0.29) is 12.2 Å². The summed E-state index contributed by atoms with van der Waals surface area (Å²) in [6, 6.07) is 2.78. The number of aromatic nitrogens is 1. The van der Waals surface area contributed by atoms with Crippen LogP contribution in [0.5, 0.6) is 5.75 Å². The number of pyridine rings is 1. The normalized spacial score (nSPS) is 14.1. The Kier molecular flexibility index (Phi) is 4.99. The van der Waals surface area contributed by atoms with Gasteiger partial charge in [0.05, 0.1) is 5.69 Å². The second kappa shape index (κ2) is 6.48. The number of nitrogens with one attached hydrogen (secondary N) is 2. The number of barbiturate groups is 1. The van der Waals surface area contributed by atoms with Crippen LogP contribution in [-0.4, -0.2) is 27.9 Å². The fourth-order valence-corrected chi connectivity index (χ4v) is 1.32. The van der Waals surface area contributed by atoms with Crippen LogP contribution in [0.15, 0.2) is 12.1 Å². The van der Waals surface area contributed by atoms with E-state index in [2.05, 4.69) is 4.98 Å². The monoisotopic (exact) mass is 265 g/mol. The molecule has 1 aliphatic rings. The first-order valence-corrected chi connectivity index (χ1v) is 5.71. The molecule has 0 aliphatic carbocycles. The second-order valence-electron chi connectivity index (χ2n) is 3.86. The molecular formula is C12H15N3O4. The molecule has 1 aromatic heterocycles. The number of amides is 4. The van der Waals surface area contributed by atoms with Gasteiger partial charge in [0.15, 0.2) is 0 Å². The van der Waals surface area contributed by atoms with Crippen LogP contribution in [0, 0.1) is 6.92 Å². The maximum absolute atomic E-state index is 10.3. The van der Waals surface area contributed by atoms with Gasteiger partial charge in [-0.3, -0.25) is 25.2 Å². The number of hydrogen-bond acceptors (Lipinski definition) is 5. The molecule has 4 amide bonds. The number of rotatable bonds is 1. The van der Waals surface area contributed by atoms with Crippen LogP contribution >= 0.6 is 0 Å².